The maximum atomic E-state index is 12.7. The van der Waals surface area contributed by atoms with E-state index in [4.69, 9.17) is 27.9 Å². The van der Waals surface area contributed by atoms with Crippen LogP contribution in [0.5, 0.6) is 6.01 Å². The second-order valence-corrected chi connectivity index (χ2v) is 9.75. The van der Waals surface area contributed by atoms with Crippen molar-refractivity contribution in [3.63, 3.8) is 0 Å². The van der Waals surface area contributed by atoms with Crippen molar-refractivity contribution in [3.05, 3.63) is 68.6 Å². The quantitative estimate of drug-likeness (QED) is 0.505. The maximum absolute atomic E-state index is 12.7. The molecule has 2 N–H and O–H groups in total. The summed E-state index contributed by atoms with van der Waals surface area (Å²) in [6, 6.07) is 11.1. The molecule has 10 heteroatoms. The van der Waals surface area contributed by atoms with Gasteiger partial charge in [0.15, 0.2) is 0 Å². The number of hydrogen-bond acceptors (Lipinski definition) is 6. The number of nitrogens with one attached hydrogen (secondary N) is 2. The smallest absolute Gasteiger partial charge is 0.319 e. The van der Waals surface area contributed by atoms with Crippen LogP contribution in [0.1, 0.15) is 22.8 Å². The van der Waals surface area contributed by atoms with Crippen molar-refractivity contribution in [1.29, 1.82) is 0 Å². The van der Waals surface area contributed by atoms with Crippen LogP contribution < -0.4 is 15.4 Å². The summed E-state index contributed by atoms with van der Waals surface area (Å²) in [4.78, 5) is 24.5. The van der Waals surface area contributed by atoms with Crippen molar-refractivity contribution in [1.82, 2.24) is 20.2 Å². The fraction of sp³-hybridized carbons (Fsp3) is 0.318. The molecule has 3 aromatic rings. The lowest BCUT2D eigenvalue weighted by Gasteiger charge is -2.38. The third kappa shape index (κ3) is 5.89. The van der Waals surface area contributed by atoms with Crippen LogP contribution in [-0.4, -0.2) is 47.1 Å². The van der Waals surface area contributed by atoms with Crippen molar-refractivity contribution in [2.45, 2.75) is 24.9 Å². The van der Waals surface area contributed by atoms with Gasteiger partial charge < -0.3 is 15.4 Å². The molecule has 0 radical (unpaired) electrons. The zero-order valence-electron chi connectivity index (χ0n) is 17.4. The van der Waals surface area contributed by atoms with E-state index in [-0.39, 0.29) is 18.0 Å². The molecule has 168 valence electrons. The molecule has 7 nitrogen and oxygen atoms in total. The minimum absolute atomic E-state index is 0.0135. The second kappa shape index (κ2) is 10.5. The van der Waals surface area contributed by atoms with E-state index >= 15 is 0 Å². The SMILES string of the molecule is COc1ncc(CN2CCC(NC(=O)Nc3ccc(Cl)cc3)C(c3ccc(Cl)s3)C2)cn1. The van der Waals surface area contributed by atoms with Crippen LogP contribution in [0.4, 0.5) is 10.5 Å². The minimum Gasteiger partial charge on any atom is -0.467 e. The zero-order valence-corrected chi connectivity index (χ0v) is 19.8. The summed E-state index contributed by atoms with van der Waals surface area (Å²) in [6.45, 7) is 2.35. The highest BCUT2D eigenvalue weighted by molar-refractivity contribution is 7.16. The number of aromatic nitrogens is 2. The second-order valence-electron chi connectivity index (χ2n) is 7.56. The van der Waals surface area contributed by atoms with E-state index in [9.17, 15) is 4.79 Å². The molecule has 0 saturated carbocycles. The van der Waals surface area contributed by atoms with Gasteiger partial charge in [0, 0.05) is 65.1 Å². The van der Waals surface area contributed by atoms with Gasteiger partial charge in [-0.05, 0) is 42.8 Å². The Labute approximate surface area is 200 Å². The standard InChI is InChI=1S/C22H23Cl2N5O2S/c1-31-22-25-10-14(11-26-22)12-29-9-8-18(17(13-29)19-6-7-20(24)32-19)28-21(30)27-16-4-2-15(23)3-5-16/h2-7,10-11,17-18H,8-9,12-13H2,1H3,(H2,27,28,30). The van der Waals surface area contributed by atoms with Crippen LogP contribution in [0, 0.1) is 0 Å². The van der Waals surface area contributed by atoms with Gasteiger partial charge in [-0.1, -0.05) is 23.2 Å². The number of likely N-dealkylation sites (tertiary alicyclic amines) is 1. The number of rotatable bonds is 6. The Morgan fingerprint density at radius 3 is 2.59 bits per heavy atom. The number of nitrogens with zero attached hydrogens (tertiary/aromatic N) is 3. The Morgan fingerprint density at radius 2 is 1.94 bits per heavy atom. The van der Waals surface area contributed by atoms with E-state index in [1.54, 1.807) is 55.1 Å². The molecule has 4 rings (SSSR count). The normalized spacial score (nSPS) is 18.8. The fourth-order valence-corrected chi connectivity index (χ4v) is 5.15. The monoisotopic (exact) mass is 491 g/mol. The first kappa shape index (κ1) is 22.8. The molecule has 2 atom stereocenters. The molecular weight excluding hydrogens is 469 g/mol. The Kier molecular flexibility index (Phi) is 7.47. The Hall–Kier alpha value is -2.39. The van der Waals surface area contributed by atoms with E-state index < -0.39 is 0 Å². The van der Waals surface area contributed by atoms with Gasteiger partial charge in [-0.15, -0.1) is 11.3 Å². The molecular formula is C22H23Cl2N5O2S. The number of amides is 2. The van der Waals surface area contributed by atoms with E-state index in [0.29, 0.717) is 16.7 Å². The average molecular weight is 492 g/mol. The van der Waals surface area contributed by atoms with Gasteiger partial charge in [0.2, 0.25) is 0 Å². The van der Waals surface area contributed by atoms with Gasteiger partial charge in [-0.3, -0.25) is 4.90 Å². The predicted octanol–water partition coefficient (Wildman–Crippen LogP) is 5.03. The van der Waals surface area contributed by atoms with Crippen molar-refractivity contribution < 1.29 is 9.53 Å². The molecule has 1 aromatic carbocycles. The summed E-state index contributed by atoms with van der Waals surface area (Å²) >= 11 is 13.7. The van der Waals surface area contributed by atoms with Crippen molar-refractivity contribution >= 4 is 46.3 Å². The number of thiophene rings is 1. The molecule has 32 heavy (non-hydrogen) atoms. The van der Waals surface area contributed by atoms with E-state index in [1.165, 1.54) is 0 Å². The lowest BCUT2D eigenvalue weighted by molar-refractivity contribution is 0.169. The molecule has 0 aliphatic carbocycles. The number of carbonyl (C=O) groups is 1. The van der Waals surface area contributed by atoms with Crippen molar-refractivity contribution in [2.24, 2.45) is 0 Å². The summed E-state index contributed by atoms with van der Waals surface area (Å²) < 4.78 is 5.78. The maximum Gasteiger partial charge on any atom is 0.319 e. The fourth-order valence-electron chi connectivity index (χ4n) is 3.81. The minimum atomic E-state index is -0.234. The van der Waals surface area contributed by atoms with Crippen molar-refractivity contribution in [2.75, 3.05) is 25.5 Å². The summed E-state index contributed by atoms with van der Waals surface area (Å²) in [5.41, 5.74) is 1.71. The molecule has 2 aromatic heterocycles. The summed E-state index contributed by atoms with van der Waals surface area (Å²) in [6.07, 6.45) is 4.38. The number of piperidine rings is 1. The van der Waals surface area contributed by atoms with Gasteiger partial charge in [-0.25, -0.2) is 14.8 Å². The highest BCUT2D eigenvalue weighted by atomic mass is 35.5. The average Bonchev–Trinajstić information content (AvgIpc) is 3.23. The molecule has 1 aliphatic rings. The van der Waals surface area contributed by atoms with Gasteiger partial charge in [0.05, 0.1) is 11.4 Å². The van der Waals surface area contributed by atoms with Crippen LogP contribution in [0.15, 0.2) is 48.8 Å². The number of methoxy groups -OCH3 is 1. The number of ether oxygens (including phenoxy) is 1. The summed E-state index contributed by atoms with van der Waals surface area (Å²) in [5.74, 6) is 0.122. The van der Waals surface area contributed by atoms with Crippen LogP contribution in [-0.2, 0) is 6.54 Å². The number of hydrogen-bond donors (Lipinski definition) is 2. The highest BCUT2D eigenvalue weighted by Crippen LogP contribution is 2.34. The third-order valence-electron chi connectivity index (χ3n) is 5.35. The topological polar surface area (TPSA) is 79.4 Å². The lowest BCUT2D eigenvalue weighted by Crippen LogP contribution is -2.50. The number of anilines is 1. The molecule has 2 amide bonds. The van der Waals surface area contributed by atoms with E-state index in [1.807, 2.05) is 12.1 Å². The molecule has 1 saturated heterocycles. The highest BCUT2D eigenvalue weighted by Gasteiger charge is 2.32. The van der Waals surface area contributed by atoms with Gasteiger partial charge in [0.25, 0.3) is 0 Å². The molecule has 0 spiro atoms. The molecule has 1 aliphatic heterocycles. The van der Waals surface area contributed by atoms with Gasteiger partial charge in [0.1, 0.15) is 0 Å². The predicted molar refractivity (Wildman–Crippen MR) is 128 cm³/mol. The van der Waals surface area contributed by atoms with Gasteiger partial charge >= 0.3 is 12.0 Å². The first-order chi connectivity index (χ1) is 15.5. The third-order valence-corrected chi connectivity index (χ3v) is 6.96. The molecule has 3 heterocycles. The van der Waals surface area contributed by atoms with Crippen molar-refractivity contribution in [3.8, 4) is 6.01 Å². The number of halogens is 2. The van der Waals surface area contributed by atoms with Crippen LogP contribution >= 0.6 is 34.5 Å². The van der Waals surface area contributed by atoms with Crippen LogP contribution in [0.2, 0.25) is 9.36 Å². The Bertz CT molecular complexity index is 1050. The van der Waals surface area contributed by atoms with E-state index in [2.05, 4.69) is 25.5 Å². The first-order valence-electron chi connectivity index (χ1n) is 10.2. The Balaban J connectivity index is 1.43. The number of urea groups is 1. The molecule has 0 bridgehead atoms. The first-order valence-corrected chi connectivity index (χ1v) is 11.7. The molecule has 2 unspecified atom stereocenters. The summed E-state index contributed by atoms with van der Waals surface area (Å²) in [7, 11) is 1.55. The molecule has 1 fully saturated rings. The largest absolute Gasteiger partial charge is 0.467 e. The number of benzene rings is 1. The Morgan fingerprint density at radius 1 is 1.19 bits per heavy atom. The lowest BCUT2D eigenvalue weighted by atomic mass is 9.90. The zero-order chi connectivity index (χ0) is 22.5. The number of carbonyl (C=O) groups excluding carboxylic acids is 1. The van der Waals surface area contributed by atoms with E-state index in [0.717, 1.165) is 40.8 Å². The summed E-state index contributed by atoms with van der Waals surface area (Å²) in [5, 5.41) is 6.66. The van der Waals surface area contributed by atoms with Gasteiger partial charge in [-0.2, -0.15) is 0 Å². The van der Waals surface area contributed by atoms with Crippen LogP contribution in [0.25, 0.3) is 0 Å². The van der Waals surface area contributed by atoms with Crippen LogP contribution in [0.3, 0.4) is 0 Å².